The Morgan fingerprint density at radius 1 is 1.15 bits per heavy atom. The van der Waals surface area contributed by atoms with Gasteiger partial charge in [-0.05, 0) is 55.0 Å². The van der Waals surface area contributed by atoms with Gasteiger partial charge in [0.05, 0.1) is 5.56 Å². The van der Waals surface area contributed by atoms with Crippen molar-refractivity contribution in [1.82, 2.24) is 9.88 Å². The Bertz CT molecular complexity index is 1000. The molecule has 0 radical (unpaired) electrons. The molecule has 3 aromatic rings. The van der Waals surface area contributed by atoms with Crippen LogP contribution in [-0.4, -0.2) is 40.0 Å². The van der Waals surface area contributed by atoms with Gasteiger partial charge in [-0.15, -0.1) is 0 Å². The molecule has 0 aliphatic carbocycles. The maximum absolute atomic E-state index is 13.0. The van der Waals surface area contributed by atoms with Crippen molar-refractivity contribution in [2.75, 3.05) is 13.1 Å². The van der Waals surface area contributed by atoms with E-state index in [0.717, 1.165) is 48.0 Å². The number of carboxylic acid groups (broad SMARTS) is 1. The van der Waals surface area contributed by atoms with E-state index in [1.807, 2.05) is 48.2 Å². The molecule has 5 nitrogen and oxygen atoms in total. The molecule has 1 amide bonds. The third-order valence-electron chi connectivity index (χ3n) is 5.48. The summed E-state index contributed by atoms with van der Waals surface area (Å²) < 4.78 is 0. The molecule has 5 heteroatoms. The van der Waals surface area contributed by atoms with Gasteiger partial charge in [0.1, 0.15) is 5.69 Å². The normalized spacial score (nSPS) is 16.8. The summed E-state index contributed by atoms with van der Waals surface area (Å²) in [6.45, 7) is 3.48. The van der Waals surface area contributed by atoms with Gasteiger partial charge < -0.3 is 15.0 Å². The molecule has 0 unspecified atom stereocenters. The number of carbonyl (C=O) groups excluding carboxylic acids is 1. The van der Waals surface area contributed by atoms with Crippen LogP contribution < -0.4 is 0 Å². The van der Waals surface area contributed by atoms with Crippen molar-refractivity contribution < 1.29 is 14.7 Å². The van der Waals surface area contributed by atoms with E-state index in [2.05, 4.69) is 4.98 Å². The Morgan fingerprint density at radius 2 is 1.89 bits per heavy atom. The molecule has 2 aromatic carbocycles. The first-order valence-electron chi connectivity index (χ1n) is 9.21. The Kier molecular flexibility index (Phi) is 4.44. The van der Waals surface area contributed by atoms with Crippen molar-refractivity contribution in [1.29, 1.82) is 0 Å². The SMILES string of the molecule is Cc1c(C(=O)N2CC[C@H](Cc3ccc(C(=O)O)cc3)C2)[nH]c2ccccc12. The van der Waals surface area contributed by atoms with Gasteiger partial charge in [-0.3, -0.25) is 4.79 Å². The summed E-state index contributed by atoms with van der Waals surface area (Å²) in [5.41, 5.74) is 4.09. The number of nitrogens with zero attached hydrogens (tertiary/aromatic N) is 1. The summed E-state index contributed by atoms with van der Waals surface area (Å²) in [6.07, 6.45) is 1.82. The fraction of sp³-hybridized carbons (Fsp3) is 0.273. The van der Waals surface area contributed by atoms with Crippen LogP contribution in [0, 0.1) is 12.8 Å². The standard InChI is InChI=1S/C22H22N2O3/c1-14-18-4-2-3-5-19(18)23-20(14)21(25)24-11-10-16(13-24)12-15-6-8-17(9-7-15)22(26)27/h2-9,16,23H,10-13H2,1H3,(H,26,27)/t16-/m1/s1. The van der Waals surface area contributed by atoms with Gasteiger partial charge in [0, 0.05) is 24.0 Å². The molecule has 4 rings (SSSR count). The van der Waals surface area contributed by atoms with Crippen molar-refractivity contribution in [3.8, 4) is 0 Å². The van der Waals surface area contributed by atoms with Crippen LogP contribution in [-0.2, 0) is 6.42 Å². The molecule has 1 atom stereocenters. The number of nitrogens with one attached hydrogen (secondary N) is 1. The number of aromatic amines is 1. The fourth-order valence-corrected chi connectivity index (χ4v) is 3.95. The lowest BCUT2D eigenvalue weighted by Gasteiger charge is -2.16. The minimum Gasteiger partial charge on any atom is -0.478 e. The third kappa shape index (κ3) is 3.33. The van der Waals surface area contributed by atoms with E-state index in [1.165, 1.54) is 0 Å². The zero-order chi connectivity index (χ0) is 19.0. The molecule has 1 fully saturated rings. The number of rotatable bonds is 4. The van der Waals surface area contributed by atoms with E-state index >= 15 is 0 Å². The van der Waals surface area contributed by atoms with E-state index in [4.69, 9.17) is 5.11 Å². The quantitative estimate of drug-likeness (QED) is 0.740. The number of H-pyrrole nitrogens is 1. The molecular weight excluding hydrogens is 340 g/mol. The average Bonchev–Trinajstić information content (AvgIpc) is 3.27. The lowest BCUT2D eigenvalue weighted by atomic mass is 9.98. The molecule has 1 aliphatic heterocycles. The van der Waals surface area contributed by atoms with Crippen molar-refractivity contribution >= 4 is 22.8 Å². The second-order valence-corrected chi connectivity index (χ2v) is 7.28. The van der Waals surface area contributed by atoms with Crippen LogP contribution >= 0.6 is 0 Å². The summed E-state index contributed by atoms with van der Waals surface area (Å²) in [7, 11) is 0. The smallest absolute Gasteiger partial charge is 0.335 e. The van der Waals surface area contributed by atoms with Crippen molar-refractivity contribution in [3.63, 3.8) is 0 Å². The van der Waals surface area contributed by atoms with Crippen molar-refractivity contribution in [2.45, 2.75) is 19.8 Å². The molecule has 1 aromatic heterocycles. The highest BCUT2D eigenvalue weighted by molar-refractivity contribution is 6.01. The first kappa shape index (κ1) is 17.3. The topological polar surface area (TPSA) is 73.4 Å². The largest absolute Gasteiger partial charge is 0.478 e. The summed E-state index contributed by atoms with van der Waals surface area (Å²) in [5.74, 6) is -0.449. The van der Waals surface area contributed by atoms with Crippen molar-refractivity contribution in [3.05, 3.63) is 70.9 Å². The molecule has 0 bridgehead atoms. The van der Waals surface area contributed by atoms with Crippen LogP contribution in [0.2, 0.25) is 0 Å². The van der Waals surface area contributed by atoms with Gasteiger partial charge in [0.2, 0.25) is 0 Å². The number of aromatic carboxylic acids is 1. The van der Waals surface area contributed by atoms with E-state index in [-0.39, 0.29) is 5.91 Å². The first-order chi connectivity index (χ1) is 13.0. The van der Waals surface area contributed by atoms with Gasteiger partial charge in [0.15, 0.2) is 0 Å². The second-order valence-electron chi connectivity index (χ2n) is 7.28. The zero-order valence-corrected chi connectivity index (χ0v) is 15.2. The Morgan fingerprint density at radius 3 is 2.59 bits per heavy atom. The number of aromatic nitrogens is 1. The van der Waals surface area contributed by atoms with Gasteiger partial charge in [-0.1, -0.05) is 30.3 Å². The van der Waals surface area contributed by atoms with Crippen LogP contribution in [0.1, 0.15) is 38.4 Å². The molecule has 1 aliphatic rings. The summed E-state index contributed by atoms with van der Waals surface area (Å²) in [4.78, 5) is 29.1. The first-order valence-corrected chi connectivity index (χ1v) is 9.21. The van der Waals surface area contributed by atoms with E-state index in [0.29, 0.717) is 17.2 Å². The molecule has 2 N–H and O–H groups in total. The van der Waals surface area contributed by atoms with Crippen molar-refractivity contribution in [2.24, 2.45) is 5.92 Å². The minimum absolute atomic E-state index is 0.0624. The zero-order valence-electron chi connectivity index (χ0n) is 15.2. The molecule has 0 saturated carbocycles. The minimum atomic E-state index is -0.909. The van der Waals surface area contributed by atoms with Crippen LogP contribution in [0.15, 0.2) is 48.5 Å². The molecule has 138 valence electrons. The van der Waals surface area contributed by atoms with Crippen LogP contribution in [0.25, 0.3) is 10.9 Å². The highest BCUT2D eigenvalue weighted by atomic mass is 16.4. The second kappa shape index (κ2) is 6.91. The number of fused-ring (bicyclic) bond motifs is 1. The number of hydrogen-bond donors (Lipinski definition) is 2. The number of amides is 1. The molecular formula is C22H22N2O3. The number of aryl methyl sites for hydroxylation is 1. The van der Waals surface area contributed by atoms with E-state index in [1.54, 1.807) is 12.1 Å². The number of benzene rings is 2. The summed E-state index contributed by atoms with van der Waals surface area (Å²) in [6, 6.07) is 15.0. The van der Waals surface area contributed by atoms with Crippen LogP contribution in [0.5, 0.6) is 0 Å². The highest BCUT2D eigenvalue weighted by Crippen LogP contribution is 2.26. The summed E-state index contributed by atoms with van der Waals surface area (Å²) >= 11 is 0. The van der Waals surface area contributed by atoms with E-state index in [9.17, 15) is 9.59 Å². The Labute approximate surface area is 157 Å². The summed E-state index contributed by atoms with van der Waals surface area (Å²) in [5, 5.41) is 10.1. The van der Waals surface area contributed by atoms with Crippen LogP contribution in [0.4, 0.5) is 0 Å². The molecule has 2 heterocycles. The highest BCUT2D eigenvalue weighted by Gasteiger charge is 2.29. The number of carboxylic acids is 1. The van der Waals surface area contributed by atoms with Gasteiger partial charge in [-0.25, -0.2) is 4.79 Å². The predicted octanol–water partition coefficient (Wildman–Crippen LogP) is 3.88. The number of para-hydroxylation sites is 1. The number of hydrogen-bond acceptors (Lipinski definition) is 2. The van der Waals surface area contributed by atoms with Crippen LogP contribution in [0.3, 0.4) is 0 Å². The van der Waals surface area contributed by atoms with Gasteiger partial charge >= 0.3 is 5.97 Å². The third-order valence-corrected chi connectivity index (χ3v) is 5.48. The lowest BCUT2D eigenvalue weighted by Crippen LogP contribution is -2.29. The Balaban J connectivity index is 1.44. The number of likely N-dealkylation sites (tertiary alicyclic amines) is 1. The monoisotopic (exact) mass is 362 g/mol. The molecule has 1 saturated heterocycles. The maximum atomic E-state index is 13.0. The molecule has 27 heavy (non-hydrogen) atoms. The van der Waals surface area contributed by atoms with Gasteiger partial charge in [0.25, 0.3) is 5.91 Å². The average molecular weight is 362 g/mol. The molecule has 0 spiro atoms. The number of carbonyl (C=O) groups is 2. The predicted molar refractivity (Wildman–Crippen MR) is 104 cm³/mol. The maximum Gasteiger partial charge on any atom is 0.335 e. The lowest BCUT2D eigenvalue weighted by molar-refractivity contribution is 0.0696. The van der Waals surface area contributed by atoms with E-state index < -0.39 is 5.97 Å². The Hall–Kier alpha value is -3.08. The van der Waals surface area contributed by atoms with Gasteiger partial charge in [-0.2, -0.15) is 0 Å². The fourth-order valence-electron chi connectivity index (χ4n) is 3.95.